The SMILES string of the molecule is CN(CN(C)C(=O)c1ccc(C2(C)N=N2)cc1)C(=O)c1ccc(C2(C)N=N2)cc1. The molecule has 2 aliphatic heterocycles. The largest absolute Gasteiger partial charge is 0.324 e. The Morgan fingerprint density at radius 3 is 1.28 bits per heavy atom. The van der Waals surface area contributed by atoms with Gasteiger partial charge in [0.1, 0.15) is 0 Å². The molecule has 0 N–H and O–H groups in total. The lowest BCUT2D eigenvalue weighted by atomic mass is 10.0. The molecule has 0 spiro atoms. The minimum Gasteiger partial charge on any atom is -0.324 e. The highest BCUT2D eigenvalue weighted by atomic mass is 16.2. The van der Waals surface area contributed by atoms with Crippen molar-refractivity contribution in [2.45, 2.75) is 25.2 Å². The quantitative estimate of drug-likeness (QED) is 0.703. The molecular formula is C21H22N6O2. The van der Waals surface area contributed by atoms with Crippen molar-refractivity contribution in [3.05, 3.63) is 70.8 Å². The van der Waals surface area contributed by atoms with E-state index in [9.17, 15) is 9.59 Å². The highest BCUT2D eigenvalue weighted by Gasteiger charge is 2.36. The van der Waals surface area contributed by atoms with E-state index in [0.717, 1.165) is 11.1 Å². The maximum atomic E-state index is 12.7. The second-order valence-electron chi connectivity index (χ2n) is 7.74. The van der Waals surface area contributed by atoms with Crippen molar-refractivity contribution < 1.29 is 9.59 Å². The van der Waals surface area contributed by atoms with Gasteiger partial charge in [-0.05, 0) is 38.1 Å². The summed E-state index contributed by atoms with van der Waals surface area (Å²) in [6.45, 7) is 4.00. The van der Waals surface area contributed by atoms with Gasteiger partial charge in [0.25, 0.3) is 11.8 Å². The molecule has 0 radical (unpaired) electrons. The number of hydrogen-bond acceptors (Lipinski definition) is 6. The molecule has 2 heterocycles. The first-order chi connectivity index (χ1) is 13.7. The molecule has 29 heavy (non-hydrogen) atoms. The first kappa shape index (κ1) is 18.9. The van der Waals surface area contributed by atoms with Gasteiger partial charge in [-0.2, -0.15) is 20.5 Å². The molecule has 4 rings (SSSR count). The van der Waals surface area contributed by atoms with E-state index >= 15 is 0 Å². The van der Waals surface area contributed by atoms with Crippen LogP contribution in [0.2, 0.25) is 0 Å². The third-order valence-electron chi connectivity index (χ3n) is 5.28. The van der Waals surface area contributed by atoms with E-state index in [1.807, 2.05) is 38.1 Å². The summed E-state index contributed by atoms with van der Waals surface area (Å²) >= 11 is 0. The van der Waals surface area contributed by atoms with Gasteiger partial charge in [0.05, 0.1) is 6.67 Å². The lowest BCUT2D eigenvalue weighted by Gasteiger charge is -2.25. The molecule has 0 aliphatic carbocycles. The average Bonchev–Trinajstić information content (AvgIpc) is 3.66. The Bertz CT molecular complexity index is 931. The minimum atomic E-state index is -0.464. The lowest BCUT2D eigenvalue weighted by molar-refractivity contribution is 0.0617. The third-order valence-corrected chi connectivity index (χ3v) is 5.28. The maximum Gasteiger partial charge on any atom is 0.255 e. The molecule has 8 nitrogen and oxygen atoms in total. The van der Waals surface area contributed by atoms with Crippen molar-refractivity contribution >= 4 is 11.8 Å². The van der Waals surface area contributed by atoms with E-state index in [0.29, 0.717) is 11.1 Å². The van der Waals surface area contributed by atoms with Crippen LogP contribution >= 0.6 is 0 Å². The van der Waals surface area contributed by atoms with Crippen LogP contribution in [0.4, 0.5) is 0 Å². The fourth-order valence-electron chi connectivity index (χ4n) is 3.13. The highest BCUT2D eigenvalue weighted by Crippen LogP contribution is 2.39. The molecular weight excluding hydrogens is 368 g/mol. The smallest absolute Gasteiger partial charge is 0.255 e. The number of carbonyl (C=O) groups is 2. The van der Waals surface area contributed by atoms with Gasteiger partial charge in [-0.1, -0.05) is 24.3 Å². The van der Waals surface area contributed by atoms with Gasteiger partial charge in [0, 0.05) is 36.3 Å². The van der Waals surface area contributed by atoms with Crippen LogP contribution in [0.3, 0.4) is 0 Å². The van der Waals surface area contributed by atoms with Gasteiger partial charge < -0.3 is 9.80 Å². The van der Waals surface area contributed by atoms with E-state index in [4.69, 9.17) is 0 Å². The second kappa shape index (κ2) is 6.58. The molecule has 148 valence electrons. The average molecular weight is 390 g/mol. The number of nitrogens with zero attached hydrogens (tertiary/aromatic N) is 6. The van der Waals surface area contributed by atoms with Crippen molar-refractivity contribution in [3.63, 3.8) is 0 Å². The van der Waals surface area contributed by atoms with Gasteiger partial charge in [-0.3, -0.25) is 9.59 Å². The zero-order chi connectivity index (χ0) is 20.8. The topological polar surface area (TPSA) is 90.1 Å². The second-order valence-corrected chi connectivity index (χ2v) is 7.74. The Hall–Kier alpha value is -3.42. The number of carbonyl (C=O) groups excluding carboxylic acids is 2. The molecule has 0 fully saturated rings. The number of amides is 2. The molecule has 0 saturated heterocycles. The van der Waals surface area contributed by atoms with Crippen LogP contribution in [-0.2, 0) is 11.3 Å². The Labute approximate surface area is 168 Å². The fourth-order valence-corrected chi connectivity index (χ4v) is 3.13. The Balaban J connectivity index is 1.37. The molecule has 0 unspecified atom stereocenters. The monoisotopic (exact) mass is 390 g/mol. The van der Waals surface area contributed by atoms with Crippen molar-refractivity contribution in [2.75, 3.05) is 20.8 Å². The van der Waals surface area contributed by atoms with Crippen LogP contribution in [-0.4, -0.2) is 42.4 Å². The minimum absolute atomic E-state index is 0.161. The normalized spacial score (nSPS) is 17.0. The van der Waals surface area contributed by atoms with Gasteiger partial charge in [0.2, 0.25) is 11.3 Å². The zero-order valence-electron chi connectivity index (χ0n) is 16.8. The summed E-state index contributed by atoms with van der Waals surface area (Å²) in [6.07, 6.45) is 0. The maximum absolute atomic E-state index is 12.7. The van der Waals surface area contributed by atoms with Crippen molar-refractivity contribution in [3.8, 4) is 0 Å². The van der Waals surface area contributed by atoms with Gasteiger partial charge in [-0.25, -0.2) is 0 Å². The lowest BCUT2D eigenvalue weighted by Crippen LogP contribution is -2.40. The standard InChI is InChI=1S/C21H22N6O2/c1-20(22-23-20)16-9-5-14(6-10-16)18(28)26(3)13-27(4)19(29)15-7-11-17(12-8-15)21(2)24-25-21/h5-12H,13H2,1-4H3. The summed E-state index contributed by atoms with van der Waals surface area (Å²) in [5, 5.41) is 16.0. The van der Waals surface area contributed by atoms with Crippen molar-refractivity contribution in [1.29, 1.82) is 0 Å². The highest BCUT2D eigenvalue weighted by molar-refractivity contribution is 5.96. The van der Waals surface area contributed by atoms with E-state index in [2.05, 4.69) is 20.5 Å². The summed E-state index contributed by atoms with van der Waals surface area (Å²) in [5.74, 6) is -0.322. The predicted octanol–water partition coefficient (Wildman–Crippen LogP) is 3.77. The Kier molecular flexibility index (Phi) is 4.29. The van der Waals surface area contributed by atoms with Crippen molar-refractivity contribution in [2.24, 2.45) is 20.5 Å². The van der Waals surface area contributed by atoms with E-state index in [1.54, 1.807) is 38.4 Å². The van der Waals surface area contributed by atoms with Gasteiger partial charge >= 0.3 is 0 Å². The molecule has 0 aromatic heterocycles. The molecule has 2 amide bonds. The van der Waals surface area contributed by atoms with E-state index < -0.39 is 11.3 Å². The molecule has 2 aromatic carbocycles. The van der Waals surface area contributed by atoms with Crippen LogP contribution in [0, 0.1) is 0 Å². The van der Waals surface area contributed by atoms with Crippen molar-refractivity contribution in [1.82, 2.24) is 9.80 Å². The predicted molar refractivity (Wildman–Crippen MR) is 106 cm³/mol. The number of hydrogen-bond donors (Lipinski definition) is 0. The summed E-state index contributed by atoms with van der Waals surface area (Å²) < 4.78 is 0. The van der Waals surface area contributed by atoms with Gasteiger partial charge in [-0.15, -0.1) is 0 Å². The molecule has 0 atom stereocenters. The Morgan fingerprint density at radius 2 is 1.00 bits per heavy atom. The summed E-state index contributed by atoms with van der Waals surface area (Å²) in [7, 11) is 3.35. The molecule has 0 saturated carbocycles. The third kappa shape index (κ3) is 3.65. The molecule has 2 aliphatic rings. The summed E-state index contributed by atoms with van der Waals surface area (Å²) in [5.41, 5.74) is 2.08. The summed E-state index contributed by atoms with van der Waals surface area (Å²) in [4.78, 5) is 28.4. The molecule has 8 heteroatoms. The van der Waals surface area contributed by atoms with Crippen LogP contribution in [0.15, 0.2) is 69.0 Å². The number of benzene rings is 2. The van der Waals surface area contributed by atoms with Crippen LogP contribution in [0.5, 0.6) is 0 Å². The van der Waals surface area contributed by atoms with Gasteiger partial charge in [0.15, 0.2) is 0 Å². The first-order valence-electron chi connectivity index (χ1n) is 9.32. The summed E-state index contributed by atoms with van der Waals surface area (Å²) in [6, 6.07) is 14.5. The molecule has 2 aromatic rings. The van der Waals surface area contributed by atoms with Crippen LogP contribution in [0.25, 0.3) is 0 Å². The molecule has 0 bridgehead atoms. The van der Waals surface area contributed by atoms with Crippen LogP contribution < -0.4 is 0 Å². The Morgan fingerprint density at radius 1 is 0.690 bits per heavy atom. The van der Waals surface area contributed by atoms with E-state index in [1.165, 1.54) is 9.80 Å². The first-order valence-corrected chi connectivity index (χ1v) is 9.32. The fraction of sp³-hybridized carbons (Fsp3) is 0.333. The number of rotatable bonds is 6. The zero-order valence-corrected chi connectivity index (χ0v) is 16.8. The van der Waals surface area contributed by atoms with Crippen LogP contribution in [0.1, 0.15) is 45.7 Å². The van der Waals surface area contributed by atoms with E-state index in [-0.39, 0.29) is 18.5 Å².